The van der Waals surface area contributed by atoms with Gasteiger partial charge in [-0.05, 0) is 32.1 Å². The SMILES string of the molecule is CC1(C)C(=O)Nc2ncnc(N3C[C@@H]4CC[C@@](C(C)(C)C)(C3)N4)c21. The maximum Gasteiger partial charge on any atom is 0.235 e. The summed E-state index contributed by atoms with van der Waals surface area (Å²) in [5.74, 6) is 1.60. The van der Waals surface area contributed by atoms with Crippen LogP contribution in [0.1, 0.15) is 53.0 Å². The first-order valence-corrected chi connectivity index (χ1v) is 8.84. The van der Waals surface area contributed by atoms with Crippen LogP contribution in [0.4, 0.5) is 11.6 Å². The van der Waals surface area contributed by atoms with E-state index in [1.165, 1.54) is 12.8 Å². The van der Waals surface area contributed by atoms with Crippen molar-refractivity contribution in [2.24, 2.45) is 5.41 Å². The molecule has 4 rings (SSSR count). The summed E-state index contributed by atoms with van der Waals surface area (Å²) in [6, 6.07) is 0.483. The highest BCUT2D eigenvalue weighted by Gasteiger charge is 2.53. The predicted octanol–water partition coefficient (Wildman–Crippen LogP) is 2.06. The van der Waals surface area contributed by atoms with Gasteiger partial charge in [0, 0.05) is 24.7 Å². The fourth-order valence-corrected chi connectivity index (χ4v) is 4.53. The molecule has 0 unspecified atom stereocenters. The van der Waals surface area contributed by atoms with E-state index in [9.17, 15) is 4.79 Å². The van der Waals surface area contributed by atoms with Crippen LogP contribution in [-0.2, 0) is 10.2 Å². The van der Waals surface area contributed by atoms with Crippen molar-refractivity contribution >= 4 is 17.5 Å². The second-order valence-corrected chi connectivity index (χ2v) is 9.09. The second kappa shape index (κ2) is 4.69. The third-order valence-corrected chi connectivity index (χ3v) is 6.29. The number of fused-ring (bicyclic) bond motifs is 3. The topological polar surface area (TPSA) is 70.2 Å². The van der Waals surface area contributed by atoms with Gasteiger partial charge in [0.1, 0.15) is 18.0 Å². The number of nitrogens with one attached hydrogen (secondary N) is 2. The van der Waals surface area contributed by atoms with E-state index in [4.69, 9.17) is 0 Å². The van der Waals surface area contributed by atoms with Crippen molar-refractivity contribution in [1.29, 1.82) is 0 Å². The van der Waals surface area contributed by atoms with E-state index in [1.54, 1.807) is 6.33 Å². The van der Waals surface area contributed by atoms with Crippen molar-refractivity contribution in [2.45, 2.75) is 64.5 Å². The second-order valence-electron chi connectivity index (χ2n) is 9.09. The van der Waals surface area contributed by atoms with Crippen LogP contribution < -0.4 is 15.5 Å². The number of hydrogen-bond donors (Lipinski definition) is 2. The third-order valence-electron chi connectivity index (χ3n) is 6.29. The Hall–Kier alpha value is -1.69. The molecule has 0 saturated carbocycles. The summed E-state index contributed by atoms with van der Waals surface area (Å²) < 4.78 is 0. The van der Waals surface area contributed by atoms with E-state index in [0.29, 0.717) is 11.9 Å². The molecule has 2 bridgehead atoms. The zero-order valence-corrected chi connectivity index (χ0v) is 15.2. The normalized spacial score (nSPS) is 31.1. The molecular weight excluding hydrogens is 302 g/mol. The monoisotopic (exact) mass is 329 g/mol. The zero-order chi connectivity index (χ0) is 17.3. The van der Waals surface area contributed by atoms with E-state index in [1.807, 2.05) is 13.8 Å². The quantitative estimate of drug-likeness (QED) is 0.825. The molecule has 0 spiro atoms. The molecule has 0 aliphatic carbocycles. The lowest BCUT2D eigenvalue weighted by Gasteiger charge is -2.49. The Bertz CT molecular complexity index is 708. The van der Waals surface area contributed by atoms with Crippen LogP contribution in [0.25, 0.3) is 0 Å². The van der Waals surface area contributed by atoms with Crippen LogP contribution in [0, 0.1) is 5.41 Å². The molecule has 3 aliphatic rings. The van der Waals surface area contributed by atoms with Gasteiger partial charge in [-0.1, -0.05) is 20.8 Å². The summed E-state index contributed by atoms with van der Waals surface area (Å²) in [6.45, 7) is 12.7. The molecule has 2 fully saturated rings. The van der Waals surface area contributed by atoms with Crippen molar-refractivity contribution in [3.63, 3.8) is 0 Å². The third kappa shape index (κ3) is 2.01. The Morgan fingerprint density at radius 1 is 1.29 bits per heavy atom. The van der Waals surface area contributed by atoms with Crippen LogP contribution in [0.3, 0.4) is 0 Å². The standard InChI is InChI=1S/C18H27N5O/c1-16(2,3)18-7-6-11(22-18)8-23(9-18)14-12-13(19-10-20-14)21-15(24)17(12,4)5/h10-11,22H,6-9H2,1-5H3,(H,19,20,21,24)/t11-,18-/m0/s1. The summed E-state index contributed by atoms with van der Waals surface area (Å²) in [5, 5.41) is 6.79. The average Bonchev–Trinajstić information content (AvgIpc) is 2.93. The number of anilines is 2. The van der Waals surface area contributed by atoms with Crippen molar-refractivity contribution in [3.8, 4) is 0 Å². The number of carbonyl (C=O) groups is 1. The van der Waals surface area contributed by atoms with Gasteiger partial charge in [-0.3, -0.25) is 4.79 Å². The van der Waals surface area contributed by atoms with Crippen molar-refractivity contribution < 1.29 is 4.79 Å². The van der Waals surface area contributed by atoms with Gasteiger partial charge in [-0.2, -0.15) is 0 Å². The first-order valence-electron chi connectivity index (χ1n) is 8.84. The van der Waals surface area contributed by atoms with Crippen molar-refractivity contribution in [1.82, 2.24) is 15.3 Å². The van der Waals surface area contributed by atoms with Gasteiger partial charge >= 0.3 is 0 Å². The van der Waals surface area contributed by atoms with Crippen molar-refractivity contribution in [3.05, 3.63) is 11.9 Å². The van der Waals surface area contributed by atoms with E-state index < -0.39 is 5.41 Å². The molecule has 2 N–H and O–H groups in total. The molecule has 6 heteroatoms. The lowest BCUT2D eigenvalue weighted by molar-refractivity contribution is -0.119. The molecule has 2 saturated heterocycles. The van der Waals surface area contributed by atoms with Gasteiger partial charge in [0.05, 0.1) is 11.0 Å². The number of hydrogen-bond acceptors (Lipinski definition) is 5. The van der Waals surface area contributed by atoms with Crippen LogP contribution in [0.15, 0.2) is 6.33 Å². The Kier molecular flexibility index (Phi) is 3.09. The molecule has 6 nitrogen and oxygen atoms in total. The number of piperazine rings is 1. The van der Waals surface area contributed by atoms with Crippen LogP contribution >= 0.6 is 0 Å². The van der Waals surface area contributed by atoms with Crippen LogP contribution in [0.2, 0.25) is 0 Å². The molecule has 4 heterocycles. The fraction of sp³-hybridized carbons (Fsp3) is 0.722. The molecule has 0 radical (unpaired) electrons. The zero-order valence-electron chi connectivity index (χ0n) is 15.2. The minimum atomic E-state index is -0.593. The highest BCUT2D eigenvalue weighted by molar-refractivity contribution is 6.06. The molecule has 3 aliphatic heterocycles. The van der Waals surface area contributed by atoms with Gasteiger partial charge in [-0.15, -0.1) is 0 Å². The molecule has 0 aromatic carbocycles. The molecule has 24 heavy (non-hydrogen) atoms. The summed E-state index contributed by atoms with van der Waals surface area (Å²) in [4.78, 5) is 23.6. The van der Waals surface area contributed by atoms with Gasteiger partial charge < -0.3 is 15.5 Å². The molecule has 1 aromatic heterocycles. The summed E-state index contributed by atoms with van der Waals surface area (Å²) in [7, 11) is 0. The number of carbonyl (C=O) groups excluding carboxylic acids is 1. The lowest BCUT2D eigenvalue weighted by Crippen LogP contribution is -2.65. The molecule has 2 atom stereocenters. The highest BCUT2D eigenvalue weighted by Crippen LogP contribution is 2.46. The Labute approximate surface area is 143 Å². The first kappa shape index (κ1) is 15.8. The largest absolute Gasteiger partial charge is 0.353 e. The van der Waals surface area contributed by atoms with E-state index in [-0.39, 0.29) is 16.9 Å². The predicted molar refractivity (Wildman–Crippen MR) is 94.2 cm³/mol. The van der Waals surface area contributed by atoms with Crippen molar-refractivity contribution in [2.75, 3.05) is 23.3 Å². The molecule has 130 valence electrons. The number of rotatable bonds is 1. The van der Waals surface area contributed by atoms with Gasteiger partial charge in [-0.25, -0.2) is 9.97 Å². The Balaban J connectivity index is 1.77. The van der Waals surface area contributed by atoms with E-state index >= 15 is 0 Å². The molecule has 1 amide bonds. The van der Waals surface area contributed by atoms with Gasteiger partial charge in [0.25, 0.3) is 0 Å². The van der Waals surface area contributed by atoms with Crippen LogP contribution in [-0.4, -0.2) is 40.5 Å². The minimum absolute atomic E-state index is 0.00268. The number of aromatic nitrogens is 2. The maximum atomic E-state index is 12.3. The summed E-state index contributed by atoms with van der Waals surface area (Å²) in [6.07, 6.45) is 3.96. The minimum Gasteiger partial charge on any atom is -0.353 e. The maximum absolute atomic E-state index is 12.3. The summed E-state index contributed by atoms with van der Waals surface area (Å²) in [5.41, 5.74) is 0.610. The Morgan fingerprint density at radius 3 is 2.75 bits per heavy atom. The Morgan fingerprint density at radius 2 is 2.04 bits per heavy atom. The molecule has 1 aromatic rings. The van der Waals surface area contributed by atoms with Crippen LogP contribution in [0.5, 0.6) is 0 Å². The van der Waals surface area contributed by atoms with Gasteiger partial charge in [0.2, 0.25) is 5.91 Å². The fourth-order valence-electron chi connectivity index (χ4n) is 4.53. The highest BCUT2D eigenvalue weighted by atomic mass is 16.2. The molecular formula is C18H27N5O. The van der Waals surface area contributed by atoms with Gasteiger partial charge in [0.15, 0.2) is 0 Å². The lowest BCUT2D eigenvalue weighted by atomic mass is 9.72. The number of nitrogens with zero attached hydrogens (tertiary/aromatic N) is 3. The van der Waals surface area contributed by atoms with E-state index in [2.05, 4.69) is 46.3 Å². The number of amides is 1. The first-order chi connectivity index (χ1) is 11.1. The average molecular weight is 329 g/mol. The summed E-state index contributed by atoms with van der Waals surface area (Å²) >= 11 is 0. The van der Waals surface area contributed by atoms with E-state index in [0.717, 1.165) is 24.5 Å². The smallest absolute Gasteiger partial charge is 0.235 e.